The van der Waals surface area contributed by atoms with Gasteiger partial charge in [-0.2, -0.15) is 0 Å². The molecule has 0 radical (unpaired) electrons. The summed E-state index contributed by atoms with van der Waals surface area (Å²) in [6, 6.07) is 0. The van der Waals surface area contributed by atoms with Crippen LogP contribution in [0.15, 0.2) is 11.1 Å². The summed E-state index contributed by atoms with van der Waals surface area (Å²) >= 11 is 0. The average Bonchev–Trinajstić information content (AvgIpc) is 2.97. The quantitative estimate of drug-likeness (QED) is 0.660. The molecular formula is C15H22O5. The number of ether oxygens (including phenoxy) is 1. The van der Waals surface area contributed by atoms with Gasteiger partial charge in [0.05, 0.1) is 19.3 Å². The summed E-state index contributed by atoms with van der Waals surface area (Å²) in [4.78, 5) is 11.4. The van der Waals surface area contributed by atoms with Crippen molar-refractivity contribution in [3.63, 3.8) is 0 Å². The summed E-state index contributed by atoms with van der Waals surface area (Å²) in [6.45, 7) is 2.52. The Balaban J connectivity index is 1.98. The summed E-state index contributed by atoms with van der Waals surface area (Å²) < 4.78 is 5.68. The molecule has 112 valence electrons. The minimum absolute atomic E-state index is 0.0314. The first-order chi connectivity index (χ1) is 9.43. The summed E-state index contributed by atoms with van der Waals surface area (Å²) in [5.41, 5.74) is 0.463. The highest BCUT2D eigenvalue weighted by molar-refractivity contribution is 5.78. The van der Waals surface area contributed by atoms with Crippen molar-refractivity contribution in [1.82, 2.24) is 0 Å². The Morgan fingerprint density at radius 3 is 2.85 bits per heavy atom. The number of aliphatic hydroxyl groups is 2. The number of hydrogen-bond acceptors (Lipinski definition) is 4. The van der Waals surface area contributed by atoms with Crippen LogP contribution in [0, 0.1) is 11.3 Å². The first kappa shape index (κ1) is 14.0. The third-order valence-electron chi connectivity index (χ3n) is 5.72. The zero-order chi connectivity index (χ0) is 14.5. The average molecular weight is 282 g/mol. The summed E-state index contributed by atoms with van der Waals surface area (Å²) in [5, 5.41) is 29.2. The van der Waals surface area contributed by atoms with Crippen LogP contribution in [0.25, 0.3) is 0 Å². The fourth-order valence-electron chi connectivity index (χ4n) is 4.44. The number of carboxylic acids is 1. The van der Waals surface area contributed by atoms with Gasteiger partial charge in [0.25, 0.3) is 0 Å². The first-order valence-corrected chi connectivity index (χ1v) is 7.30. The predicted octanol–water partition coefficient (Wildman–Crippen LogP) is 1.09. The highest BCUT2D eigenvalue weighted by Crippen LogP contribution is 2.59. The van der Waals surface area contributed by atoms with E-state index in [2.05, 4.69) is 0 Å². The maximum atomic E-state index is 11.4. The van der Waals surface area contributed by atoms with Crippen molar-refractivity contribution >= 4 is 5.97 Å². The van der Waals surface area contributed by atoms with Gasteiger partial charge in [0, 0.05) is 5.41 Å². The van der Waals surface area contributed by atoms with E-state index in [1.54, 1.807) is 0 Å². The van der Waals surface area contributed by atoms with Crippen molar-refractivity contribution in [3.8, 4) is 0 Å². The minimum Gasteiger partial charge on any atom is -0.479 e. The van der Waals surface area contributed by atoms with Gasteiger partial charge in [-0.25, -0.2) is 4.79 Å². The molecule has 0 unspecified atom stereocenters. The monoisotopic (exact) mass is 282 g/mol. The Hall–Kier alpha value is -0.910. The van der Waals surface area contributed by atoms with Crippen molar-refractivity contribution in [3.05, 3.63) is 11.1 Å². The smallest absolute Gasteiger partial charge is 0.338 e. The zero-order valence-corrected chi connectivity index (χ0v) is 11.8. The van der Waals surface area contributed by atoms with Gasteiger partial charge < -0.3 is 20.1 Å². The van der Waals surface area contributed by atoms with Crippen LogP contribution >= 0.6 is 0 Å². The molecule has 20 heavy (non-hydrogen) atoms. The lowest BCUT2D eigenvalue weighted by molar-refractivity contribution is -0.174. The number of allylic oxidation sites excluding steroid dienone is 1. The molecule has 0 amide bonds. The standard InChI is InChI=1S/C15H22O5/c1-9(7-16)10-2-4-14-6-12(20-8-14)15(19,13(17)18)5-3-11(10)14/h11-12,16,19H,2-8H2,1H3,(H,17,18)/b10-9+/t11-,12-,14-,15-/m1/s1. The Bertz CT molecular complexity index is 471. The van der Waals surface area contributed by atoms with E-state index in [1.165, 1.54) is 5.57 Å². The molecule has 1 aliphatic heterocycles. The topological polar surface area (TPSA) is 87.0 Å². The highest BCUT2D eigenvalue weighted by atomic mass is 16.5. The number of hydrogen-bond donors (Lipinski definition) is 3. The van der Waals surface area contributed by atoms with Crippen molar-refractivity contribution in [2.75, 3.05) is 13.2 Å². The molecule has 3 N–H and O–H groups in total. The van der Waals surface area contributed by atoms with E-state index in [-0.39, 0.29) is 24.4 Å². The maximum Gasteiger partial charge on any atom is 0.338 e. The van der Waals surface area contributed by atoms with Crippen LogP contribution in [-0.4, -0.2) is 46.2 Å². The molecule has 3 rings (SSSR count). The van der Waals surface area contributed by atoms with Crippen LogP contribution < -0.4 is 0 Å². The molecule has 2 aliphatic carbocycles. The van der Waals surface area contributed by atoms with Gasteiger partial charge >= 0.3 is 5.97 Å². The molecule has 1 saturated heterocycles. The van der Waals surface area contributed by atoms with Crippen molar-refractivity contribution in [2.45, 2.75) is 50.7 Å². The number of carbonyl (C=O) groups is 1. The van der Waals surface area contributed by atoms with Gasteiger partial charge in [-0.1, -0.05) is 5.57 Å². The van der Waals surface area contributed by atoms with Gasteiger partial charge in [-0.05, 0) is 50.5 Å². The van der Waals surface area contributed by atoms with E-state index >= 15 is 0 Å². The molecule has 3 aliphatic rings. The highest BCUT2D eigenvalue weighted by Gasteiger charge is 2.60. The van der Waals surface area contributed by atoms with Gasteiger partial charge in [-0.3, -0.25) is 0 Å². The van der Waals surface area contributed by atoms with Crippen LogP contribution in [0.4, 0.5) is 0 Å². The molecule has 2 bridgehead atoms. The van der Waals surface area contributed by atoms with Crippen LogP contribution in [0.1, 0.15) is 39.0 Å². The van der Waals surface area contributed by atoms with Crippen molar-refractivity contribution in [1.29, 1.82) is 0 Å². The van der Waals surface area contributed by atoms with E-state index in [9.17, 15) is 20.1 Å². The van der Waals surface area contributed by atoms with Crippen molar-refractivity contribution < 1.29 is 24.9 Å². The van der Waals surface area contributed by atoms with E-state index in [4.69, 9.17) is 4.74 Å². The summed E-state index contributed by atoms with van der Waals surface area (Å²) in [5.74, 6) is -0.933. The van der Waals surface area contributed by atoms with Crippen LogP contribution in [0.3, 0.4) is 0 Å². The number of carboxylic acid groups (broad SMARTS) is 1. The maximum absolute atomic E-state index is 11.4. The molecule has 0 aromatic carbocycles. The first-order valence-electron chi connectivity index (χ1n) is 7.30. The fourth-order valence-corrected chi connectivity index (χ4v) is 4.44. The van der Waals surface area contributed by atoms with E-state index in [0.29, 0.717) is 19.4 Å². The lowest BCUT2D eigenvalue weighted by Crippen LogP contribution is -2.49. The van der Waals surface area contributed by atoms with E-state index < -0.39 is 17.7 Å². The van der Waals surface area contributed by atoms with Crippen molar-refractivity contribution in [2.24, 2.45) is 11.3 Å². The van der Waals surface area contributed by atoms with Crippen LogP contribution in [0.5, 0.6) is 0 Å². The second-order valence-electron chi connectivity index (χ2n) is 6.65. The molecule has 0 aromatic heterocycles. The number of aliphatic carboxylic acids is 1. The lowest BCUT2D eigenvalue weighted by Gasteiger charge is -2.31. The summed E-state index contributed by atoms with van der Waals surface area (Å²) in [6.07, 6.45) is 2.83. The lowest BCUT2D eigenvalue weighted by atomic mass is 9.74. The predicted molar refractivity (Wildman–Crippen MR) is 71.1 cm³/mol. The number of fused-ring (bicyclic) bond motifs is 1. The Labute approximate surface area is 118 Å². The SMILES string of the molecule is C/C(CO)=C1/CC[C@]23CO[C@H](C2)[C@@](O)(C(=O)O)CC[C@H]13. The third-order valence-corrected chi connectivity index (χ3v) is 5.72. The molecular weight excluding hydrogens is 260 g/mol. The van der Waals surface area contributed by atoms with E-state index in [0.717, 1.165) is 18.4 Å². The summed E-state index contributed by atoms with van der Waals surface area (Å²) in [7, 11) is 0. The molecule has 3 fully saturated rings. The Morgan fingerprint density at radius 1 is 1.45 bits per heavy atom. The van der Waals surface area contributed by atoms with E-state index in [1.807, 2.05) is 6.92 Å². The Morgan fingerprint density at radius 2 is 2.20 bits per heavy atom. The zero-order valence-electron chi connectivity index (χ0n) is 11.8. The van der Waals surface area contributed by atoms with Gasteiger partial charge in [0.2, 0.25) is 0 Å². The second kappa shape index (κ2) is 4.55. The molecule has 2 saturated carbocycles. The van der Waals surface area contributed by atoms with Gasteiger partial charge in [0.15, 0.2) is 5.60 Å². The number of aliphatic hydroxyl groups excluding tert-OH is 1. The molecule has 0 aromatic rings. The minimum atomic E-state index is -1.76. The largest absolute Gasteiger partial charge is 0.479 e. The third kappa shape index (κ3) is 1.76. The molecule has 4 atom stereocenters. The normalized spacial score (nSPS) is 46.0. The van der Waals surface area contributed by atoms with Crippen LogP contribution in [-0.2, 0) is 9.53 Å². The fraction of sp³-hybridized carbons (Fsp3) is 0.800. The molecule has 5 nitrogen and oxygen atoms in total. The Kier molecular flexibility index (Phi) is 3.19. The number of rotatable bonds is 2. The van der Waals surface area contributed by atoms with Crippen LogP contribution in [0.2, 0.25) is 0 Å². The van der Waals surface area contributed by atoms with Gasteiger partial charge in [-0.15, -0.1) is 0 Å². The molecule has 1 heterocycles. The molecule has 1 spiro atoms. The molecule has 5 heteroatoms. The second-order valence-corrected chi connectivity index (χ2v) is 6.65. The van der Waals surface area contributed by atoms with Gasteiger partial charge in [0.1, 0.15) is 0 Å².